The molecule has 7 nitrogen and oxygen atoms in total. The Bertz CT molecular complexity index is 1070. The lowest BCUT2D eigenvalue weighted by Gasteiger charge is -2.10. The van der Waals surface area contributed by atoms with Crippen LogP contribution >= 0.6 is 11.6 Å². The predicted octanol–water partition coefficient (Wildman–Crippen LogP) is 3.49. The van der Waals surface area contributed by atoms with Crippen molar-refractivity contribution in [2.75, 3.05) is 7.11 Å². The monoisotopic (exact) mass is 366 g/mol. The second-order valence-corrected chi connectivity index (χ2v) is 6.03. The summed E-state index contributed by atoms with van der Waals surface area (Å²) in [7, 11) is 1.64. The topological polar surface area (TPSA) is 70.7 Å². The van der Waals surface area contributed by atoms with Gasteiger partial charge in [0.1, 0.15) is 17.1 Å². The van der Waals surface area contributed by atoms with Crippen LogP contribution < -0.4 is 4.74 Å². The number of imidazole rings is 1. The Morgan fingerprint density at radius 2 is 1.96 bits per heavy atom. The molecule has 0 amide bonds. The first-order valence-corrected chi connectivity index (χ1v) is 8.26. The molecule has 0 fully saturated rings. The number of aromatic nitrogens is 6. The van der Waals surface area contributed by atoms with Crippen molar-refractivity contribution in [2.24, 2.45) is 0 Å². The van der Waals surface area contributed by atoms with Gasteiger partial charge in [0.15, 0.2) is 5.15 Å². The number of methoxy groups -OCH3 is 1. The van der Waals surface area contributed by atoms with Crippen molar-refractivity contribution in [1.29, 1.82) is 0 Å². The van der Waals surface area contributed by atoms with Crippen LogP contribution in [-0.4, -0.2) is 36.6 Å². The van der Waals surface area contributed by atoms with Crippen LogP contribution in [-0.2, 0) is 0 Å². The van der Waals surface area contributed by atoms with Gasteiger partial charge in [0, 0.05) is 18.0 Å². The van der Waals surface area contributed by atoms with Crippen LogP contribution in [0, 0.1) is 6.92 Å². The molecule has 8 heteroatoms. The molecular weight excluding hydrogens is 352 g/mol. The maximum absolute atomic E-state index is 6.12. The SMILES string of the molecule is COc1cc(-c2cn(-c3cccnc3Cl)nn2)ccc1-n1cnc(C)c1. The highest BCUT2D eigenvalue weighted by atomic mass is 35.5. The molecule has 26 heavy (non-hydrogen) atoms. The molecule has 0 saturated heterocycles. The minimum absolute atomic E-state index is 0.368. The van der Waals surface area contributed by atoms with Crippen molar-refractivity contribution < 1.29 is 4.74 Å². The van der Waals surface area contributed by atoms with E-state index in [0.717, 1.165) is 16.9 Å². The number of halogens is 1. The molecule has 3 aromatic heterocycles. The van der Waals surface area contributed by atoms with Gasteiger partial charge in [-0.15, -0.1) is 5.10 Å². The van der Waals surface area contributed by atoms with Gasteiger partial charge in [0.05, 0.1) is 31.0 Å². The molecule has 0 aliphatic carbocycles. The third-order valence-corrected chi connectivity index (χ3v) is 4.24. The molecule has 3 heterocycles. The number of pyridine rings is 1. The molecule has 0 atom stereocenters. The van der Waals surface area contributed by atoms with Gasteiger partial charge in [-0.2, -0.15) is 0 Å². The Kier molecular flexibility index (Phi) is 4.14. The van der Waals surface area contributed by atoms with E-state index in [4.69, 9.17) is 16.3 Å². The van der Waals surface area contributed by atoms with Crippen molar-refractivity contribution in [3.05, 3.63) is 66.1 Å². The van der Waals surface area contributed by atoms with Crippen LogP contribution in [0.1, 0.15) is 5.69 Å². The molecule has 4 rings (SSSR count). The largest absolute Gasteiger partial charge is 0.495 e. The Balaban J connectivity index is 1.72. The van der Waals surface area contributed by atoms with E-state index in [1.807, 2.05) is 42.0 Å². The Labute approximate surface area is 154 Å². The second kappa shape index (κ2) is 6.61. The van der Waals surface area contributed by atoms with Crippen LogP contribution in [0.4, 0.5) is 0 Å². The van der Waals surface area contributed by atoms with Crippen LogP contribution in [0.25, 0.3) is 22.6 Å². The third kappa shape index (κ3) is 2.93. The van der Waals surface area contributed by atoms with Crippen LogP contribution in [0.5, 0.6) is 5.75 Å². The van der Waals surface area contributed by atoms with E-state index in [-0.39, 0.29) is 0 Å². The van der Waals surface area contributed by atoms with Gasteiger partial charge in [0.2, 0.25) is 0 Å². The molecule has 0 radical (unpaired) electrons. The fourth-order valence-electron chi connectivity index (χ4n) is 2.67. The first kappa shape index (κ1) is 16.3. The molecule has 4 aromatic rings. The molecule has 0 aliphatic heterocycles. The maximum Gasteiger partial charge on any atom is 0.154 e. The number of nitrogens with zero attached hydrogens (tertiary/aromatic N) is 6. The van der Waals surface area contributed by atoms with Gasteiger partial charge in [0.25, 0.3) is 0 Å². The summed E-state index contributed by atoms with van der Waals surface area (Å²) in [4.78, 5) is 8.32. The van der Waals surface area contributed by atoms with Crippen molar-refractivity contribution in [2.45, 2.75) is 6.92 Å². The van der Waals surface area contributed by atoms with E-state index < -0.39 is 0 Å². The fraction of sp³-hybridized carbons (Fsp3) is 0.111. The summed E-state index contributed by atoms with van der Waals surface area (Å²) >= 11 is 6.12. The number of ether oxygens (including phenoxy) is 1. The lowest BCUT2D eigenvalue weighted by molar-refractivity contribution is 0.413. The summed E-state index contributed by atoms with van der Waals surface area (Å²) in [5, 5.41) is 8.75. The second-order valence-electron chi connectivity index (χ2n) is 5.67. The highest BCUT2D eigenvalue weighted by Crippen LogP contribution is 2.29. The zero-order valence-electron chi connectivity index (χ0n) is 14.2. The quantitative estimate of drug-likeness (QED) is 0.517. The summed E-state index contributed by atoms with van der Waals surface area (Å²) in [6.07, 6.45) is 7.13. The Hall–Kier alpha value is -3.19. The number of hydrogen-bond acceptors (Lipinski definition) is 5. The fourth-order valence-corrected chi connectivity index (χ4v) is 2.87. The molecule has 0 bridgehead atoms. The summed E-state index contributed by atoms with van der Waals surface area (Å²) in [5.41, 5.74) is 4.10. The minimum Gasteiger partial charge on any atom is -0.495 e. The van der Waals surface area contributed by atoms with Crippen molar-refractivity contribution in [3.63, 3.8) is 0 Å². The first-order valence-electron chi connectivity index (χ1n) is 7.88. The standard InChI is InChI=1S/C18H15ClN6O/c1-12-9-24(11-21-12)15-6-5-13(8-17(15)26-2)14-10-25(23-22-14)16-4-3-7-20-18(16)19/h3-11H,1-2H3. The van der Waals surface area contributed by atoms with E-state index in [9.17, 15) is 0 Å². The van der Waals surface area contributed by atoms with Gasteiger partial charge >= 0.3 is 0 Å². The molecule has 0 spiro atoms. The van der Waals surface area contributed by atoms with Gasteiger partial charge < -0.3 is 9.30 Å². The minimum atomic E-state index is 0.368. The zero-order chi connectivity index (χ0) is 18.1. The zero-order valence-corrected chi connectivity index (χ0v) is 14.9. The third-order valence-electron chi connectivity index (χ3n) is 3.94. The van der Waals surface area contributed by atoms with Crippen molar-refractivity contribution in [3.8, 4) is 28.4 Å². The number of hydrogen-bond donors (Lipinski definition) is 0. The van der Waals surface area contributed by atoms with Gasteiger partial charge in [-0.25, -0.2) is 14.6 Å². The number of benzene rings is 1. The van der Waals surface area contributed by atoms with E-state index in [1.54, 1.807) is 36.6 Å². The van der Waals surface area contributed by atoms with E-state index >= 15 is 0 Å². The molecule has 0 saturated carbocycles. The normalized spacial score (nSPS) is 10.9. The van der Waals surface area contributed by atoms with Crippen LogP contribution in [0.15, 0.2) is 55.2 Å². The van der Waals surface area contributed by atoms with E-state index in [2.05, 4.69) is 20.3 Å². The molecule has 1 aromatic carbocycles. The molecular formula is C18H15ClN6O. The lowest BCUT2D eigenvalue weighted by atomic mass is 10.1. The van der Waals surface area contributed by atoms with Crippen LogP contribution in [0.3, 0.4) is 0 Å². The molecule has 0 unspecified atom stereocenters. The molecule has 0 aliphatic rings. The number of rotatable bonds is 4. The van der Waals surface area contributed by atoms with Gasteiger partial charge in [-0.3, -0.25) is 0 Å². The molecule has 0 N–H and O–H groups in total. The smallest absolute Gasteiger partial charge is 0.154 e. The predicted molar refractivity (Wildman–Crippen MR) is 98.0 cm³/mol. The average molecular weight is 367 g/mol. The van der Waals surface area contributed by atoms with Crippen LogP contribution in [0.2, 0.25) is 5.15 Å². The lowest BCUT2D eigenvalue weighted by Crippen LogP contribution is -1.96. The summed E-state index contributed by atoms with van der Waals surface area (Å²) in [5.74, 6) is 0.717. The van der Waals surface area contributed by atoms with Crippen molar-refractivity contribution >= 4 is 11.6 Å². The van der Waals surface area contributed by atoms with Gasteiger partial charge in [-0.1, -0.05) is 22.9 Å². The summed E-state index contributed by atoms with van der Waals surface area (Å²) in [6.45, 7) is 1.94. The Morgan fingerprint density at radius 3 is 2.69 bits per heavy atom. The van der Waals surface area contributed by atoms with E-state index in [1.165, 1.54) is 0 Å². The average Bonchev–Trinajstić information content (AvgIpc) is 3.31. The molecule has 130 valence electrons. The van der Waals surface area contributed by atoms with E-state index in [0.29, 0.717) is 22.3 Å². The number of aryl methyl sites for hydroxylation is 1. The highest BCUT2D eigenvalue weighted by Gasteiger charge is 2.12. The van der Waals surface area contributed by atoms with Gasteiger partial charge in [-0.05, 0) is 31.2 Å². The first-order chi connectivity index (χ1) is 12.7. The maximum atomic E-state index is 6.12. The Morgan fingerprint density at radius 1 is 1.08 bits per heavy atom. The summed E-state index contributed by atoms with van der Waals surface area (Å²) < 4.78 is 9.07. The van der Waals surface area contributed by atoms with Crippen molar-refractivity contribution in [1.82, 2.24) is 29.5 Å². The highest BCUT2D eigenvalue weighted by molar-refractivity contribution is 6.31. The summed E-state index contributed by atoms with van der Waals surface area (Å²) in [6, 6.07) is 9.48.